The van der Waals surface area contributed by atoms with Crippen molar-refractivity contribution in [2.75, 3.05) is 12.9 Å². The van der Waals surface area contributed by atoms with Gasteiger partial charge in [-0.05, 0) is 49.2 Å². The molecule has 0 fully saturated rings. The fourth-order valence-electron chi connectivity index (χ4n) is 3.01. The molecule has 0 saturated heterocycles. The standard InChI is InChI=1S/C22H26N2O4S2/c1-4-6-13-28-17-9-7-8-16(14-17)21(25)23-22-24(12-5-2)19-11-10-18(30(3,26)27)15-20(19)29-22/h7-11,14-15H,4-6,12-13H2,1-3H3. The normalized spacial score (nSPS) is 12.4. The number of aromatic nitrogens is 1. The van der Waals surface area contributed by atoms with E-state index in [0.717, 1.165) is 29.5 Å². The molecular weight excluding hydrogens is 420 g/mol. The van der Waals surface area contributed by atoms with Crippen molar-refractivity contribution in [2.24, 2.45) is 4.99 Å². The van der Waals surface area contributed by atoms with Gasteiger partial charge in [0, 0.05) is 18.4 Å². The Labute approximate surface area is 180 Å². The summed E-state index contributed by atoms with van der Waals surface area (Å²) in [5.74, 6) is 0.302. The zero-order valence-corrected chi connectivity index (χ0v) is 19.1. The molecule has 160 valence electrons. The number of ether oxygens (including phenoxy) is 1. The van der Waals surface area contributed by atoms with E-state index < -0.39 is 9.84 Å². The molecule has 0 unspecified atom stereocenters. The summed E-state index contributed by atoms with van der Waals surface area (Å²) in [6.45, 7) is 5.44. The number of carbonyl (C=O) groups excluding carboxylic acids is 1. The highest BCUT2D eigenvalue weighted by atomic mass is 32.2. The van der Waals surface area contributed by atoms with Crippen LogP contribution >= 0.6 is 11.3 Å². The van der Waals surface area contributed by atoms with E-state index in [0.29, 0.717) is 29.3 Å². The smallest absolute Gasteiger partial charge is 0.279 e. The summed E-state index contributed by atoms with van der Waals surface area (Å²) in [6.07, 6.45) is 4.04. The zero-order valence-electron chi connectivity index (χ0n) is 17.4. The van der Waals surface area contributed by atoms with Gasteiger partial charge in [0.25, 0.3) is 5.91 Å². The monoisotopic (exact) mass is 446 g/mol. The van der Waals surface area contributed by atoms with Crippen LogP contribution in [0.4, 0.5) is 0 Å². The molecule has 0 radical (unpaired) electrons. The first-order chi connectivity index (χ1) is 14.3. The predicted molar refractivity (Wildman–Crippen MR) is 120 cm³/mol. The molecule has 8 heteroatoms. The zero-order chi connectivity index (χ0) is 21.7. The molecule has 3 rings (SSSR count). The SMILES string of the molecule is CCCCOc1cccc(C(=O)N=c2sc3cc(S(C)(=O)=O)ccc3n2CCC)c1. The van der Waals surface area contributed by atoms with E-state index in [2.05, 4.69) is 11.9 Å². The van der Waals surface area contributed by atoms with Gasteiger partial charge in [0.2, 0.25) is 0 Å². The topological polar surface area (TPSA) is 77.7 Å². The molecule has 1 aromatic heterocycles. The number of benzene rings is 2. The summed E-state index contributed by atoms with van der Waals surface area (Å²) in [4.78, 5) is 18.0. The molecule has 0 aliphatic heterocycles. The molecule has 2 aromatic carbocycles. The number of rotatable bonds is 8. The summed E-state index contributed by atoms with van der Waals surface area (Å²) >= 11 is 1.32. The molecule has 1 amide bonds. The van der Waals surface area contributed by atoms with Crippen LogP contribution in [0.1, 0.15) is 43.5 Å². The van der Waals surface area contributed by atoms with Gasteiger partial charge in [-0.25, -0.2) is 8.42 Å². The average Bonchev–Trinajstić information content (AvgIpc) is 3.04. The molecule has 30 heavy (non-hydrogen) atoms. The van der Waals surface area contributed by atoms with Gasteiger partial charge in [0.15, 0.2) is 14.6 Å². The number of unbranched alkanes of at least 4 members (excludes halogenated alkanes) is 1. The fraction of sp³-hybridized carbons (Fsp3) is 0.364. The van der Waals surface area contributed by atoms with E-state index in [1.165, 1.54) is 17.6 Å². The van der Waals surface area contributed by atoms with Crippen LogP contribution in [0.5, 0.6) is 5.75 Å². The molecule has 0 spiro atoms. The van der Waals surface area contributed by atoms with Crippen molar-refractivity contribution >= 4 is 37.3 Å². The highest BCUT2D eigenvalue weighted by molar-refractivity contribution is 7.90. The maximum atomic E-state index is 12.8. The Morgan fingerprint density at radius 1 is 1.13 bits per heavy atom. The lowest BCUT2D eigenvalue weighted by Gasteiger charge is -2.06. The van der Waals surface area contributed by atoms with Crippen molar-refractivity contribution in [1.29, 1.82) is 0 Å². The highest BCUT2D eigenvalue weighted by Crippen LogP contribution is 2.22. The van der Waals surface area contributed by atoms with Crippen molar-refractivity contribution in [1.82, 2.24) is 4.57 Å². The fourth-order valence-corrected chi connectivity index (χ4v) is 4.83. The average molecular weight is 447 g/mol. The lowest BCUT2D eigenvalue weighted by Crippen LogP contribution is -2.16. The van der Waals surface area contributed by atoms with E-state index >= 15 is 0 Å². The molecule has 0 atom stereocenters. The lowest BCUT2D eigenvalue weighted by atomic mass is 10.2. The second-order valence-corrected chi connectivity index (χ2v) is 10.1. The number of sulfone groups is 1. The molecule has 0 aliphatic carbocycles. The van der Waals surface area contributed by atoms with Crippen LogP contribution in [-0.4, -0.2) is 31.8 Å². The molecule has 0 bridgehead atoms. The van der Waals surface area contributed by atoms with Gasteiger partial charge in [-0.3, -0.25) is 4.79 Å². The minimum atomic E-state index is -3.30. The van der Waals surface area contributed by atoms with Gasteiger partial charge in [0.05, 0.1) is 21.7 Å². The van der Waals surface area contributed by atoms with E-state index in [1.54, 1.807) is 36.4 Å². The number of hydrogen-bond acceptors (Lipinski definition) is 5. The quantitative estimate of drug-likeness (QED) is 0.480. The summed E-state index contributed by atoms with van der Waals surface area (Å²) in [5, 5.41) is 0. The Morgan fingerprint density at radius 3 is 2.63 bits per heavy atom. The number of amides is 1. The molecule has 3 aromatic rings. The molecular formula is C22H26N2O4S2. The first-order valence-electron chi connectivity index (χ1n) is 9.99. The van der Waals surface area contributed by atoms with Crippen molar-refractivity contribution in [3.8, 4) is 5.75 Å². The highest BCUT2D eigenvalue weighted by Gasteiger charge is 2.13. The first kappa shape index (κ1) is 22.2. The minimum Gasteiger partial charge on any atom is -0.494 e. The van der Waals surface area contributed by atoms with E-state index in [-0.39, 0.29) is 10.8 Å². The van der Waals surface area contributed by atoms with E-state index in [9.17, 15) is 13.2 Å². The molecule has 0 aliphatic rings. The maximum Gasteiger partial charge on any atom is 0.279 e. The number of fused-ring (bicyclic) bond motifs is 1. The Hall–Kier alpha value is -2.45. The molecule has 0 N–H and O–H groups in total. The number of aryl methyl sites for hydroxylation is 1. The van der Waals surface area contributed by atoms with Gasteiger partial charge >= 0.3 is 0 Å². The van der Waals surface area contributed by atoms with Gasteiger partial charge in [-0.15, -0.1) is 0 Å². The van der Waals surface area contributed by atoms with Gasteiger partial charge in [-0.1, -0.05) is 37.7 Å². The second-order valence-electron chi connectivity index (χ2n) is 7.08. The van der Waals surface area contributed by atoms with Crippen LogP contribution in [-0.2, 0) is 16.4 Å². The Balaban J connectivity index is 2.01. The lowest BCUT2D eigenvalue weighted by molar-refractivity contribution is 0.0997. The maximum absolute atomic E-state index is 12.8. The van der Waals surface area contributed by atoms with Crippen LogP contribution in [0.3, 0.4) is 0 Å². The number of carbonyl (C=O) groups is 1. The third-order valence-electron chi connectivity index (χ3n) is 4.57. The summed E-state index contributed by atoms with van der Waals surface area (Å²) in [7, 11) is -3.30. The van der Waals surface area contributed by atoms with Crippen LogP contribution in [0.25, 0.3) is 10.2 Å². The predicted octanol–water partition coefficient (Wildman–Crippen LogP) is 4.44. The van der Waals surface area contributed by atoms with Crippen LogP contribution < -0.4 is 9.54 Å². The van der Waals surface area contributed by atoms with Crippen molar-refractivity contribution in [2.45, 2.75) is 44.6 Å². The van der Waals surface area contributed by atoms with Gasteiger partial charge in [0.1, 0.15) is 5.75 Å². The minimum absolute atomic E-state index is 0.259. The first-order valence-corrected chi connectivity index (χ1v) is 12.7. The van der Waals surface area contributed by atoms with Crippen molar-refractivity contribution in [3.63, 3.8) is 0 Å². The van der Waals surface area contributed by atoms with Crippen molar-refractivity contribution in [3.05, 3.63) is 52.8 Å². The molecule has 0 saturated carbocycles. The second kappa shape index (κ2) is 9.57. The van der Waals surface area contributed by atoms with Crippen LogP contribution in [0, 0.1) is 0 Å². The third kappa shape index (κ3) is 5.17. The summed E-state index contributed by atoms with van der Waals surface area (Å²) < 4.78 is 32.2. The van der Waals surface area contributed by atoms with Crippen LogP contribution in [0.15, 0.2) is 52.4 Å². The Morgan fingerprint density at radius 2 is 1.93 bits per heavy atom. The number of nitrogens with zero attached hydrogens (tertiary/aromatic N) is 2. The van der Waals surface area contributed by atoms with E-state index in [4.69, 9.17) is 4.74 Å². The Kier molecular flexibility index (Phi) is 7.10. The third-order valence-corrected chi connectivity index (χ3v) is 6.73. The van der Waals surface area contributed by atoms with E-state index in [1.807, 2.05) is 17.6 Å². The molecule has 1 heterocycles. The van der Waals surface area contributed by atoms with Gasteiger partial charge in [-0.2, -0.15) is 4.99 Å². The Bertz CT molecular complexity index is 1220. The summed E-state index contributed by atoms with van der Waals surface area (Å²) in [5.41, 5.74) is 1.33. The van der Waals surface area contributed by atoms with Crippen molar-refractivity contribution < 1.29 is 17.9 Å². The number of hydrogen-bond donors (Lipinski definition) is 0. The van der Waals surface area contributed by atoms with Gasteiger partial charge < -0.3 is 9.30 Å². The number of thiazole rings is 1. The van der Waals surface area contributed by atoms with Crippen LogP contribution in [0.2, 0.25) is 0 Å². The summed E-state index contributed by atoms with van der Waals surface area (Å²) in [6, 6.07) is 12.1. The largest absolute Gasteiger partial charge is 0.494 e. The molecule has 6 nitrogen and oxygen atoms in total.